The maximum Gasteiger partial charge on any atom is 0.104 e. The van der Waals surface area contributed by atoms with Gasteiger partial charge in [0.25, 0.3) is 0 Å². The van der Waals surface area contributed by atoms with Gasteiger partial charge in [-0.25, -0.2) is 0 Å². The molecule has 3 nitrogen and oxygen atoms in total. The van der Waals surface area contributed by atoms with Gasteiger partial charge in [-0.15, -0.1) is 0 Å². The molecular weight excluding hydrogens is 118 g/mol. The molecule has 0 radical (unpaired) electrons. The molecule has 9 heavy (non-hydrogen) atoms. The number of methoxy groups -OCH3 is 1. The van der Waals surface area contributed by atoms with Crippen molar-refractivity contribution in [1.29, 1.82) is 0 Å². The molecule has 1 N–H and O–H groups in total. The summed E-state index contributed by atoms with van der Waals surface area (Å²) in [4.78, 5) is 1.95. The Morgan fingerprint density at radius 3 is 2.56 bits per heavy atom. The van der Waals surface area contributed by atoms with Crippen LogP contribution in [0.3, 0.4) is 0 Å². The molecule has 1 fully saturated rings. The van der Waals surface area contributed by atoms with Crippen molar-refractivity contribution in [2.45, 2.75) is 19.3 Å². The highest BCUT2D eigenvalue weighted by Crippen LogP contribution is 2.12. The van der Waals surface area contributed by atoms with Gasteiger partial charge in [0.1, 0.15) is 6.23 Å². The number of hydrogen-bond donors (Lipinski definition) is 1. The third kappa shape index (κ3) is 1.41. The number of aliphatic hydroxyl groups is 1. The summed E-state index contributed by atoms with van der Waals surface area (Å²) < 4.78 is 5.01. The average Bonchev–Trinajstić information content (AvgIpc) is 1.61. The van der Waals surface area contributed by atoms with E-state index >= 15 is 0 Å². The van der Waals surface area contributed by atoms with Crippen LogP contribution >= 0.6 is 0 Å². The zero-order valence-corrected chi connectivity index (χ0v) is 5.87. The van der Waals surface area contributed by atoms with Gasteiger partial charge in [0, 0.05) is 20.2 Å². The van der Waals surface area contributed by atoms with Crippen LogP contribution < -0.4 is 0 Å². The van der Waals surface area contributed by atoms with Crippen LogP contribution in [0.5, 0.6) is 0 Å². The summed E-state index contributed by atoms with van der Waals surface area (Å²) in [5, 5.41) is 8.96. The smallest absolute Gasteiger partial charge is 0.104 e. The van der Waals surface area contributed by atoms with Crippen molar-refractivity contribution in [2.24, 2.45) is 0 Å². The molecule has 1 saturated heterocycles. The summed E-state index contributed by atoms with van der Waals surface area (Å²) in [6, 6.07) is 0. The number of rotatable bonds is 2. The Hall–Kier alpha value is -0.120. The van der Waals surface area contributed by atoms with Crippen molar-refractivity contribution in [2.75, 3.05) is 20.2 Å². The Bertz CT molecular complexity index is 89.1. The van der Waals surface area contributed by atoms with Crippen molar-refractivity contribution >= 4 is 0 Å². The molecular formula is C6H13NO2. The fourth-order valence-electron chi connectivity index (χ4n) is 0.924. The molecule has 0 aromatic carbocycles. The van der Waals surface area contributed by atoms with Crippen molar-refractivity contribution in [1.82, 2.24) is 4.90 Å². The van der Waals surface area contributed by atoms with E-state index in [0.717, 1.165) is 13.1 Å². The highest BCUT2D eigenvalue weighted by molar-refractivity contribution is 4.80. The van der Waals surface area contributed by atoms with Crippen LogP contribution in [0, 0.1) is 0 Å². The number of aliphatic hydroxyl groups excluding tert-OH is 1. The minimum absolute atomic E-state index is 0.309. The van der Waals surface area contributed by atoms with E-state index in [-0.39, 0.29) is 6.23 Å². The summed E-state index contributed by atoms with van der Waals surface area (Å²) in [6.45, 7) is 3.51. The predicted molar refractivity (Wildman–Crippen MR) is 34.1 cm³/mol. The summed E-state index contributed by atoms with van der Waals surface area (Å²) in [5.41, 5.74) is 0. The molecule has 0 spiro atoms. The number of hydrogen-bond acceptors (Lipinski definition) is 3. The first kappa shape index (κ1) is 6.99. The molecule has 1 unspecified atom stereocenters. The first-order valence-corrected chi connectivity index (χ1v) is 3.19. The number of likely N-dealkylation sites (tertiary alicyclic amines) is 1. The van der Waals surface area contributed by atoms with Crippen molar-refractivity contribution in [3.8, 4) is 0 Å². The molecule has 0 amide bonds. The van der Waals surface area contributed by atoms with Crippen molar-refractivity contribution < 1.29 is 9.84 Å². The number of ether oxygens (including phenoxy) is 1. The minimum Gasteiger partial charge on any atom is -0.379 e. The second kappa shape index (κ2) is 2.64. The molecule has 54 valence electrons. The Morgan fingerprint density at radius 2 is 2.22 bits per heavy atom. The van der Waals surface area contributed by atoms with E-state index < -0.39 is 0 Å². The Balaban J connectivity index is 2.12. The van der Waals surface area contributed by atoms with Gasteiger partial charge >= 0.3 is 0 Å². The monoisotopic (exact) mass is 131 g/mol. The van der Waals surface area contributed by atoms with E-state index in [0.29, 0.717) is 6.10 Å². The zero-order valence-electron chi connectivity index (χ0n) is 5.87. The van der Waals surface area contributed by atoms with E-state index in [1.807, 2.05) is 4.90 Å². The van der Waals surface area contributed by atoms with E-state index in [2.05, 4.69) is 0 Å². The lowest BCUT2D eigenvalue weighted by Gasteiger charge is -2.39. The first-order chi connectivity index (χ1) is 4.24. The van der Waals surface area contributed by atoms with Gasteiger partial charge in [-0.1, -0.05) is 0 Å². The van der Waals surface area contributed by atoms with Crippen LogP contribution in [0.4, 0.5) is 0 Å². The van der Waals surface area contributed by atoms with Gasteiger partial charge in [0.05, 0.1) is 6.10 Å². The molecule has 0 aromatic heterocycles. The van der Waals surface area contributed by atoms with E-state index in [9.17, 15) is 0 Å². The summed E-state index contributed by atoms with van der Waals surface area (Å²) in [5.74, 6) is 0. The fraction of sp³-hybridized carbons (Fsp3) is 1.00. The molecule has 1 aliphatic rings. The van der Waals surface area contributed by atoms with Crippen molar-refractivity contribution in [3.05, 3.63) is 0 Å². The minimum atomic E-state index is -0.309. The Labute approximate surface area is 55.2 Å². The van der Waals surface area contributed by atoms with E-state index in [1.165, 1.54) is 0 Å². The quantitative estimate of drug-likeness (QED) is 0.556. The molecule has 1 aliphatic heterocycles. The summed E-state index contributed by atoms with van der Waals surface area (Å²) in [6.07, 6.45) is 0.0380. The standard InChI is InChI=1S/C6H13NO2/c1-5(8)7-3-6(4-7)9-2/h5-6,8H,3-4H2,1-2H3. The van der Waals surface area contributed by atoms with Gasteiger partial charge in [-0.3, -0.25) is 4.90 Å². The van der Waals surface area contributed by atoms with E-state index in [1.54, 1.807) is 14.0 Å². The van der Waals surface area contributed by atoms with Crippen LogP contribution in [0.1, 0.15) is 6.92 Å². The van der Waals surface area contributed by atoms with Crippen molar-refractivity contribution in [3.63, 3.8) is 0 Å². The summed E-state index contributed by atoms with van der Waals surface area (Å²) in [7, 11) is 1.70. The van der Waals surface area contributed by atoms with Crippen LogP contribution in [0.25, 0.3) is 0 Å². The third-order valence-corrected chi connectivity index (χ3v) is 1.74. The Kier molecular flexibility index (Phi) is 2.05. The maximum absolute atomic E-state index is 8.96. The molecule has 0 aliphatic carbocycles. The van der Waals surface area contributed by atoms with Crippen LogP contribution in [-0.4, -0.2) is 42.5 Å². The van der Waals surface area contributed by atoms with Crippen LogP contribution in [0.2, 0.25) is 0 Å². The van der Waals surface area contributed by atoms with Gasteiger partial charge in [-0.05, 0) is 6.92 Å². The summed E-state index contributed by atoms with van der Waals surface area (Å²) >= 11 is 0. The molecule has 1 rings (SSSR count). The van der Waals surface area contributed by atoms with Crippen LogP contribution in [0.15, 0.2) is 0 Å². The fourth-order valence-corrected chi connectivity index (χ4v) is 0.924. The van der Waals surface area contributed by atoms with Gasteiger partial charge in [0.15, 0.2) is 0 Å². The second-order valence-corrected chi connectivity index (χ2v) is 2.44. The predicted octanol–water partition coefficient (Wildman–Crippen LogP) is -0.345. The van der Waals surface area contributed by atoms with Gasteiger partial charge < -0.3 is 9.84 Å². The second-order valence-electron chi connectivity index (χ2n) is 2.44. The van der Waals surface area contributed by atoms with Gasteiger partial charge in [-0.2, -0.15) is 0 Å². The Morgan fingerprint density at radius 1 is 1.67 bits per heavy atom. The molecule has 0 aromatic rings. The molecule has 1 atom stereocenters. The lowest BCUT2D eigenvalue weighted by Crippen LogP contribution is -2.55. The molecule has 1 heterocycles. The SMILES string of the molecule is COC1CN(C(C)O)C1. The number of nitrogens with zero attached hydrogens (tertiary/aromatic N) is 1. The zero-order chi connectivity index (χ0) is 6.85. The lowest BCUT2D eigenvalue weighted by molar-refractivity contribution is -0.104. The molecule has 0 saturated carbocycles. The normalized spacial score (nSPS) is 25.7. The van der Waals surface area contributed by atoms with Gasteiger partial charge in [0.2, 0.25) is 0 Å². The van der Waals surface area contributed by atoms with E-state index in [4.69, 9.17) is 9.84 Å². The largest absolute Gasteiger partial charge is 0.379 e. The topological polar surface area (TPSA) is 32.7 Å². The maximum atomic E-state index is 8.96. The highest BCUT2D eigenvalue weighted by atomic mass is 16.5. The average molecular weight is 131 g/mol. The first-order valence-electron chi connectivity index (χ1n) is 3.19. The van der Waals surface area contributed by atoms with Crippen LogP contribution in [-0.2, 0) is 4.74 Å². The molecule has 0 bridgehead atoms. The lowest BCUT2D eigenvalue weighted by atomic mass is 10.1. The third-order valence-electron chi connectivity index (χ3n) is 1.74. The molecule has 3 heteroatoms. The highest BCUT2D eigenvalue weighted by Gasteiger charge is 2.28.